The molecule has 2 aromatic heterocycles. The average Bonchev–Trinajstić information content (AvgIpc) is 3.19. The molecule has 0 saturated heterocycles. The van der Waals surface area contributed by atoms with Crippen LogP contribution in [0.2, 0.25) is 0 Å². The normalized spacial score (nSPS) is 10.6. The Labute approximate surface area is 165 Å². The topological polar surface area (TPSA) is 86.7 Å². The number of aromatic amines is 1. The van der Waals surface area contributed by atoms with Gasteiger partial charge >= 0.3 is 0 Å². The van der Waals surface area contributed by atoms with Gasteiger partial charge in [0.1, 0.15) is 23.0 Å². The number of imidazole rings is 1. The summed E-state index contributed by atoms with van der Waals surface area (Å²) in [5, 5.41) is 8.25. The highest BCUT2D eigenvalue weighted by molar-refractivity contribution is 8.00. The monoisotopic (exact) mass is 393 g/mol. The van der Waals surface area contributed by atoms with E-state index < -0.39 is 0 Å². The Morgan fingerprint density at radius 2 is 2.11 bits per heavy atom. The molecule has 0 radical (unpaired) electrons. The summed E-state index contributed by atoms with van der Waals surface area (Å²) in [6, 6.07) is 7.85. The number of pyridine rings is 1. The third-order valence-corrected chi connectivity index (χ3v) is 4.44. The summed E-state index contributed by atoms with van der Waals surface area (Å²) in [5.74, 6) is 3.11. The Morgan fingerprint density at radius 1 is 1.32 bits per heavy atom. The molecule has 2 heterocycles. The Hall–Kier alpha value is -3.57. The number of allylic oxidation sites excluding steroid dienone is 1. The number of nitrogens with one attached hydrogen (secondary N) is 3. The van der Waals surface area contributed by atoms with E-state index in [0.29, 0.717) is 28.6 Å². The van der Waals surface area contributed by atoms with E-state index in [9.17, 15) is 4.39 Å². The van der Waals surface area contributed by atoms with Gasteiger partial charge in [-0.1, -0.05) is 5.92 Å². The van der Waals surface area contributed by atoms with Crippen LogP contribution in [0.4, 0.5) is 10.1 Å². The van der Waals surface area contributed by atoms with Gasteiger partial charge in [-0.05, 0) is 54.4 Å². The lowest BCUT2D eigenvalue weighted by molar-refractivity contribution is 0.400. The molecule has 6 nitrogen and oxygen atoms in total. The van der Waals surface area contributed by atoms with Gasteiger partial charge in [-0.2, -0.15) is 0 Å². The Kier molecular flexibility index (Phi) is 6.09. The van der Waals surface area contributed by atoms with Crippen LogP contribution in [-0.2, 0) is 0 Å². The number of ether oxygens (including phenoxy) is 1. The van der Waals surface area contributed by atoms with Gasteiger partial charge in [0.15, 0.2) is 0 Å². The van der Waals surface area contributed by atoms with E-state index in [4.69, 9.17) is 16.6 Å². The fourth-order valence-corrected chi connectivity index (χ4v) is 2.85. The maximum atomic E-state index is 13.0. The highest BCUT2D eigenvalue weighted by atomic mass is 32.2. The van der Waals surface area contributed by atoms with Gasteiger partial charge in [-0.3, -0.25) is 0 Å². The predicted octanol–water partition coefficient (Wildman–Crippen LogP) is 4.13. The fraction of sp³-hybridized carbons (Fsp3) is 0.0500. The van der Waals surface area contributed by atoms with Crippen molar-refractivity contribution in [2.75, 3.05) is 11.8 Å². The van der Waals surface area contributed by atoms with Gasteiger partial charge in [-0.25, -0.2) is 14.4 Å². The molecule has 0 unspecified atom stereocenters. The molecule has 28 heavy (non-hydrogen) atoms. The molecule has 1 aromatic carbocycles. The summed E-state index contributed by atoms with van der Waals surface area (Å²) in [5.41, 5.74) is 1.99. The van der Waals surface area contributed by atoms with Crippen molar-refractivity contribution in [3.8, 4) is 18.2 Å². The first-order valence-corrected chi connectivity index (χ1v) is 8.92. The van der Waals surface area contributed by atoms with Crippen molar-refractivity contribution in [1.82, 2.24) is 15.0 Å². The Bertz CT molecular complexity index is 1050. The number of hydrogen-bond acceptors (Lipinski definition) is 6. The first-order valence-electron chi connectivity index (χ1n) is 8.10. The molecular formula is C20H16FN5OS. The summed E-state index contributed by atoms with van der Waals surface area (Å²) < 4.78 is 21.4. The second-order valence-electron chi connectivity index (χ2n) is 5.51. The van der Waals surface area contributed by atoms with Crippen LogP contribution < -0.4 is 9.46 Å². The number of hydrogen-bond donors (Lipinski definition) is 3. The Morgan fingerprint density at radius 3 is 2.79 bits per heavy atom. The van der Waals surface area contributed by atoms with Crippen LogP contribution in [0.15, 0.2) is 53.7 Å². The van der Waals surface area contributed by atoms with Crippen molar-refractivity contribution in [2.45, 2.75) is 4.90 Å². The molecule has 3 aromatic rings. The van der Waals surface area contributed by atoms with Crippen molar-refractivity contribution in [3.05, 3.63) is 71.7 Å². The molecule has 0 aliphatic heterocycles. The number of terminal acetylenes is 1. The minimum Gasteiger partial charge on any atom is -0.480 e. The first kappa shape index (κ1) is 19.2. The van der Waals surface area contributed by atoms with Gasteiger partial charge in [0.25, 0.3) is 0 Å². The largest absolute Gasteiger partial charge is 0.480 e. The summed E-state index contributed by atoms with van der Waals surface area (Å²) >= 11 is 1.29. The minimum absolute atomic E-state index is 0.239. The van der Waals surface area contributed by atoms with Crippen molar-refractivity contribution in [1.29, 1.82) is 5.41 Å². The smallest absolute Gasteiger partial charge is 0.237 e. The molecule has 0 amide bonds. The van der Waals surface area contributed by atoms with E-state index in [-0.39, 0.29) is 11.5 Å². The van der Waals surface area contributed by atoms with Crippen LogP contribution in [0.25, 0.3) is 6.08 Å². The molecule has 140 valence electrons. The maximum Gasteiger partial charge on any atom is 0.237 e. The van der Waals surface area contributed by atoms with E-state index in [1.54, 1.807) is 42.7 Å². The number of aromatic nitrogens is 3. The van der Waals surface area contributed by atoms with Crippen LogP contribution >= 0.6 is 11.9 Å². The summed E-state index contributed by atoms with van der Waals surface area (Å²) in [4.78, 5) is 12.1. The van der Waals surface area contributed by atoms with E-state index in [2.05, 4.69) is 25.6 Å². The molecule has 3 N–H and O–H groups in total. The van der Waals surface area contributed by atoms with Crippen molar-refractivity contribution in [2.24, 2.45) is 0 Å². The molecule has 0 aliphatic rings. The van der Waals surface area contributed by atoms with Crippen molar-refractivity contribution >= 4 is 29.4 Å². The zero-order chi connectivity index (χ0) is 19.9. The molecule has 0 saturated carbocycles. The number of H-pyrrole nitrogens is 1. The van der Waals surface area contributed by atoms with Crippen LogP contribution in [0.1, 0.15) is 17.1 Å². The fourth-order valence-electron chi connectivity index (χ4n) is 2.20. The lowest BCUT2D eigenvalue weighted by atomic mass is 10.1. The van der Waals surface area contributed by atoms with Gasteiger partial charge in [0.2, 0.25) is 5.88 Å². The average molecular weight is 393 g/mol. The molecule has 8 heteroatoms. The van der Waals surface area contributed by atoms with Crippen molar-refractivity contribution < 1.29 is 9.13 Å². The highest BCUT2D eigenvalue weighted by Crippen LogP contribution is 2.28. The summed E-state index contributed by atoms with van der Waals surface area (Å²) in [6.45, 7) is 0. The summed E-state index contributed by atoms with van der Waals surface area (Å²) in [6.07, 6.45) is 11.7. The lowest BCUT2D eigenvalue weighted by Gasteiger charge is -2.11. The number of anilines is 1. The van der Waals surface area contributed by atoms with Crippen LogP contribution in [0.5, 0.6) is 5.88 Å². The van der Waals surface area contributed by atoms with Gasteiger partial charge in [-0.15, -0.1) is 6.42 Å². The number of halogens is 1. The van der Waals surface area contributed by atoms with E-state index in [0.717, 1.165) is 4.90 Å². The van der Waals surface area contributed by atoms with E-state index in [1.807, 2.05) is 0 Å². The SMILES string of the molecule is C#Cc1cnc(/C=C\C(=N)c2cnc(OC)c(NSc3ccc(F)cc3)c2)[nH]1. The van der Waals surface area contributed by atoms with Gasteiger partial charge in [0.05, 0.1) is 19.0 Å². The molecule has 0 atom stereocenters. The van der Waals surface area contributed by atoms with Crippen LogP contribution in [-0.4, -0.2) is 27.8 Å². The van der Waals surface area contributed by atoms with Gasteiger partial charge < -0.3 is 19.9 Å². The third kappa shape index (κ3) is 4.78. The zero-order valence-electron chi connectivity index (χ0n) is 14.9. The maximum absolute atomic E-state index is 13.0. The molecule has 0 aliphatic carbocycles. The molecule has 3 rings (SSSR count). The quantitative estimate of drug-likeness (QED) is 0.319. The second kappa shape index (κ2) is 8.88. The Balaban J connectivity index is 1.74. The number of benzene rings is 1. The lowest BCUT2D eigenvalue weighted by Crippen LogP contribution is -2.01. The number of rotatable bonds is 7. The molecule has 0 spiro atoms. The summed E-state index contributed by atoms with van der Waals surface area (Å²) in [7, 11) is 1.51. The predicted molar refractivity (Wildman–Crippen MR) is 109 cm³/mol. The van der Waals surface area contributed by atoms with E-state index >= 15 is 0 Å². The molecular weight excluding hydrogens is 377 g/mol. The first-order chi connectivity index (χ1) is 13.6. The molecule has 0 fully saturated rings. The minimum atomic E-state index is -0.295. The number of nitrogens with zero attached hydrogens (tertiary/aromatic N) is 2. The van der Waals surface area contributed by atoms with Crippen LogP contribution in [0, 0.1) is 23.6 Å². The highest BCUT2D eigenvalue weighted by Gasteiger charge is 2.09. The van der Waals surface area contributed by atoms with Crippen molar-refractivity contribution in [3.63, 3.8) is 0 Å². The van der Waals surface area contributed by atoms with Crippen LogP contribution in [0.3, 0.4) is 0 Å². The number of methoxy groups -OCH3 is 1. The zero-order valence-corrected chi connectivity index (χ0v) is 15.7. The molecule has 0 bridgehead atoms. The van der Waals surface area contributed by atoms with Gasteiger partial charge in [0, 0.05) is 16.7 Å². The second-order valence-corrected chi connectivity index (χ2v) is 6.39. The van der Waals surface area contributed by atoms with E-state index in [1.165, 1.54) is 31.2 Å². The standard InChI is InChI=1S/C20H16FN5OS/c1-3-15-12-23-19(25-15)9-8-17(22)13-10-18(20(27-2)24-11-13)26-28-16-6-4-14(21)5-7-16/h1,4-12,22,26H,2H3,(H,23,25)/b9-8-,22-17?. The third-order valence-electron chi connectivity index (χ3n) is 3.61.